The zero-order valence-corrected chi connectivity index (χ0v) is 18.5. The lowest BCUT2D eigenvalue weighted by molar-refractivity contribution is -0.143. The highest BCUT2D eigenvalue weighted by Crippen LogP contribution is 2.51. The van der Waals surface area contributed by atoms with Gasteiger partial charge in [-0.1, -0.05) is 60.2 Å². The van der Waals surface area contributed by atoms with Gasteiger partial charge in [-0.25, -0.2) is 0 Å². The van der Waals surface area contributed by atoms with Gasteiger partial charge in [0.25, 0.3) is 0 Å². The van der Waals surface area contributed by atoms with E-state index < -0.39 is 6.04 Å². The first-order valence-corrected chi connectivity index (χ1v) is 11.4. The zero-order valence-electron chi connectivity index (χ0n) is 18.5. The maximum atomic E-state index is 13.5. The van der Waals surface area contributed by atoms with Crippen LogP contribution in [0.2, 0.25) is 0 Å². The lowest BCUT2D eigenvalue weighted by atomic mass is 9.63. The van der Waals surface area contributed by atoms with Crippen molar-refractivity contribution in [2.45, 2.75) is 39.2 Å². The Balaban J connectivity index is 1.44. The Morgan fingerprint density at radius 1 is 0.969 bits per heavy atom. The number of fused-ring (bicyclic) bond motifs is 1. The van der Waals surface area contributed by atoms with Crippen LogP contribution in [0.5, 0.6) is 0 Å². The number of hydrogen-bond donors (Lipinski definition) is 1. The molecule has 3 amide bonds. The summed E-state index contributed by atoms with van der Waals surface area (Å²) in [6, 6.07) is 14.7. The first-order chi connectivity index (χ1) is 15.4. The number of carbonyl (C=O) groups is 3. The van der Waals surface area contributed by atoms with E-state index in [1.807, 2.05) is 62.4 Å². The first-order valence-electron chi connectivity index (χ1n) is 11.4. The Kier molecular flexibility index (Phi) is 5.20. The molecule has 4 aliphatic rings. The van der Waals surface area contributed by atoms with E-state index in [4.69, 9.17) is 0 Å². The predicted molar refractivity (Wildman–Crippen MR) is 123 cm³/mol. The summed E-state index contributed by atoms with van der Waals surface area (Å²) in [5, 5.41) is 2.98. The molecular weight excluding hydrogens is 400 g/mol. The van der Waals surface area contributed by atoms with Gasteiger partial charge in [-0.2, -0.15) is 0 Å². The van der Waals surface area contributed by atoms with Crippen molar-refractivity contribution in [3.63, 3.8) is 0 Å². The van der Waals surface area contributed by atoms with E-state index in [0.717, 1.165) is 35.2 Å². The molecule has 0 spiro atoms. The third-order valence-electron chi connectivity index (χ3n) is 7.32. The van der Waals surface area contributed by atoms with E-state index >= 15 is 0 Å². The molecular formula is C27H28N2O3. The number of benzene rings is 2. The van der Waals surface area contributed by atoms with Crippen molar-refractivity contribution in [3.8, 4) is 0 Å². The standard InChI is InChI=1S/C27H28N2O3/c1-16-8-13-21(17(2)14-16)28-23(30)15-22(18-6-4-3-5-7-18)29-26(31)24-19-9-10-20(12-11-19)25(24)27(29)32/h3-10,13-14,19-20,22,24-25H,11-12,15H2,1-2H3,(H,28,30)/t19-,20-,22-,24-,25+/m0/s1. The number of aryl methyl sites for hydroxylation is 2. The molecule has 1 saturated heterocycles. The van der Waals surface area contributed by atoms with Crippen LogP contribution in [0.15, 0.2) is 60.7 Å². The number of carbonyl (C=O) groups excluding carboxylic acids is 3. The number of nitrogens with one attached hydrogen (secondary N) is 1. The van der Waals surface area contributed by atoms with Gasteiger partial charge in [0, 0.05) is 5.69 Å². The molecule has 1 heterocycles. The molecule has 0 aromatic heterocycles. The van der Waals surface area contributed by atoms with Crippen molar-refractivity contribution >= 4 is 23.4 Å². The van der Waals surface area contributed by atoms with E-state index in [0.29, 0.717) is 0 Å². The monoisotopic (exact) mass is 428 g/mol. The molecule has 1 aliphatic heterocycles. The fourth-order valence-electron chi connectivity index (χ4n) is 5.77. The van der Waals surface area contributed by atoms with Gasteiger partial charge >= 0.3 is 0 Å². The van der Waals surface area contributed by atoms with E-state index in [1.54, 1.807) is 0 Å². The highest BCUT2D eigenvalue weighted by Gasteiger charge is 2.58. The summed E-state index contributed by atoms with van der Waals surface area (Å²) in [6.45, 7) is 3.97. The molecule has 164 valence electrons. The summed E-state index contributed by atoms with van der Waals surface area (Å²) in [5.41, 5.74) is 3.67. The van der Waals surface area contributed by atoms with Crippen LogP contribution in [-0.4, -0.2) is 22.6 Å². The quantitative estimate of drug-likeness (QED) is 0.560. The van der Waals surface area contributed by atoms with Crippen LogP contribution in [0.4, 0.5) is 5.69 Å². The second kappa shape index (κ2) is 8.05. The number of anilines is 1. The fourth-order valence-corrected chi connectivity index (χ4v) is 5.77. The van der Waals surface area contributed by atoms with Crippen LogP contribution in [0.1, 0.15) is 42.0 Å². The molecule has 2 fully saturated rings. The van der Waals surface area contributed by atoms with Crippen LogP contribution in [0.3, 0.4) is 0 Å². The Morgan fingerprint density at radius 3 is 2.16 bits per heavy atom. The summed E-state index contributed by atoms with van der Waals surface area (Å²) in [4.78, 5) is 41.5. The maximum Gasteiger partial charge on any atom is 0.234 e. The van der Waals surface area contributed by atoms with Gasteiger partial charge in [0.05, 0.1) is 24.3 Å². The largest absolute Gasteiger partial charge is 0.326 e. The predicted octanol–water partition coefficient (Wildman–Crippen LogP) is 4.57. The average molecular weight is 429 g/mol. The second-order valence-corrected chi connectivity index (χ2v) is 9.39. The second-order valence-electron chi connectivity index (χ2n) is 9.39. The van der Waals surface area contributed by atoms with Gasteiger partial charge in [0.1, 0.15) is 0 Å². The van der Waals surface area contributed by atoms with Crippen LogP contribution in [-0.2, 0) is 14.4 Å². The smallest absolute Gasteiger partial charge is 0.234 e. The molecule has 5 heteroatoms. The summed E-state index contributed by atoms with van der Waals surface area (Å²) in [6.07, 6.45) is 6.19. The molecule has 5 atom stereocenters. The number of amides is 3. The Morgan fingerprint density at radius 2 is 1.59 bits per heavy atom. The van der Waals surface area contributed by atoms with Gasteiger partial charge in [-0.15, -0.1) is 0 Å². The highest BCUT2D eigenvalue weighted by molar-refractivity contribution is 6.07. The summed E-state index contributed by atoms with van der Waals surface area (Å²) in [7, 11) is 0. The molecule has 0 unspecified atom stereocenters. The van der Waals surface area contributed by atoms with Gasteiger partial charge in [0.15, 0.2) is 0 Å². The van der Waals surface area contributed by atoms with Gasteiger partial charge in [-0.05, 0) is 55.7 Å². The minimum atomic E-state index is -0.605. The minimum absolute atomic E-state index is 0.0387. The van der Waals surface area contributed by atoms with Crippen molar-refractivity contribution < 1.29 is 14.4 Å². The van der Waals surface area contributed by atoms with Crippen molar-refractivity contribution in [1.29, 1.82) is 0 Å². The molecule has 5 nitrogen and oxygen atoms in total. The number of rotatable bonds is 5. The SMILES string of the molecule is Cc1ccc(NC(=O)C[C@@H](c2ccccc2)N2C(=O)[C@@H]3[C@H](C2=O)[C@H]2C=C[C@H]3CC2)c(C)c1. The molecule has 2 bridgehead atoms. The molecule has 6 rings (SSSR count). The van der Waals surface area contributed by atoms with Crippen LogP contribution in [0, 0.1) is 37.5 Å². The zero-order chi connectivity index (χ0) is 22.4. The number of likely N-dealkylation sites (tertiary alicyclic amines) is 1. The van der Waals surface area contributed by atoms with Gasteiger partial charge < -0.3 is 5.32 Å². The molecule has 3 aliphatic carbocycles. The minimum Gasteiger partial charge on any atom is -0.326 e. The van der Waals surface area contributed by atoms with E-state index in [2.05, 4.69) is 17.5 Å². The molecule has 1 saturated carbocycles. The maximum absolute atomic E-state index is 13.5. The van der Waals surface area contributed by atoms with Gasteiger partial charge in [0.2, 0.25) is 17.7 Å². The highest BCUT2D eigenvalue weighted by atomic mass is 16.2. The summed E-state index contributed by atoms with van der Waals surface area (Å²) >= 11 is 0. The van der Waals surface area contributed by atoms with Crippen molar-refractivity contribution in [2.24, 2.45) is 23.7 Å². The number of nitrogens with zero attached hydrogens (tertiary/aromatic N) is 1. The third kappa shape index (κ3) is 3.46. The van der Waals surface area contributed by atoms with Crippen molar-refractivity contribution in [3.05, 3.63) is 77.4 Å². The Hall–Kier alpha value is -3.21. The molecule has 0 radical (unpaired) electrons. The third-order valence-corrected chi connectivity index (χ3v) is 7.32. The fraction of sp³-hybridized carbons (Fsp3) is 0.370. The number of imide groups is 1. The van der Waals surface area contributed by atoms with E-state index in [-0.39, 0.29) is 47.8 Å². The average Bonchev–Trinajstić information content (AvgIpc) is 3.08. The van der Waals surface area contributed by atoms with Crippen molar-refractivity contribution in [1.82, 2.24) is 4.90 Å². The topological polar surface area (TPSA) is 66.5 Å². The lowest BCUT2D eigenvalue weighted by Gasteiger charge is -2.38. The van der Waals surface area contributed by atoms with E-state index in [9.17, 15) is 14.4 Å². The van der Waals surface area contributed by atoms with Crippen LogP contribution < -0.4 is 5.32 Å². The van der Waals surface area contributed by atoms with Crippen molar-refractivity contribution in [2.75, 3.05) is 5.32 Å². The molecule has 1 N–H and O–H groups in total. The Labute approximate surface area is 188 Å². The van der Waals surface area contributed by atoms with Gasteiger partial charge in [-0.3, -0.25) is 19.3 Å². The van der Waals surface area contributed by atoms with E-state index in [1.165, 1.54) is 4.90 Å². The number of hydrogen-bond acceptors (Lipinski definition) is 3. The summed E-state index contributed by atoms with van der Waals surface area (Å²) < 4.78 is 0. The molecule has 32 heavy (non-hydrogen) atoms. The van der Waals surface area contributed by atoms with Crippen LogP contribution in [0.25, 0.3) is 0 Å². The lowest BCUT2D eigenvalue weighted by Crippen LogP contribution is -2.38. The normalized spacial score (nSPS) is 26.9. The molecule has 2 aromatic rings. The first kappa shape index (κ1) is 20.7. The summed E-state index contributed by atoms with van der Waals surface area (Å²) in [5.74, 6) is -0.736. The Bertz CT molecular complexity index is 1080. The molecule has 2 aromatic carbocycles. The van der Waals surface area contributed by atoms with Crippen LogP contribution >= 0.6 is 0 Å². The number of allylic oxidation sites excluding steroid dienone is 2.